The van der Waals surface area contributed by atoms with E-state index in [0.717, 1.165) is 44.2 Å². The largest absolute Gasteiger partial charge is 0.391 e. The molecule has 152 valence electrons. The van der Waals surface area contributed by atoms with Gasteiger partial charge in [-0.2, -0.15) is 0 Å². The van der Waals surface area contributed by atoms with Gasteiger partial charge in [-0.15, -0.1) is 24.0 Å². The van der Waals surface area contributed by atoms with Gasteiger partial charge in [-0.25, -0.2) is 0 Å². The molecule has 28 heavy (non-hydrogen) atoms. The summed E-state index contributed by atoms with van der Waals surface area (Å²) in [5.74, 6) is 0.900. The van der Waals surface area contributed by atoms with Crippen molar-refractivity contribution in [3.05, 3.63) is 66.2 Å². The predicted octanol–water partition coefficient (Wildman–Crippen LogP) is 3.00. The van der Waals surface area contributed by atoms with E-state index in [9.17, 15) is 5.11 Å². The zero-order valence-corrected chi connectivity index (χ0v) is 18.8. The van der Waals surface area contributed by atoms with E-state index in [1.54, 1.807) is 0 Å². The second kappa shape index (κ2) is 11.9. The average Bonchev–Trinajstić information content (AvgIpc) is 2.73. The number of aliphatic imine (C=N–C) groups is 1. The fraction of sp³-hybridized carbons (Fsp3) is 0.409. The number of nitrogens with zero attached hydrogens (tertiary/aromatic N) is 3. The van der Waals surface area contributed by atoms with Crippen molar-refractivity contribution < 1.29 is 5.11 Å². The summed E-state index contributed by atoms with van der Waals surface area (Å²) in [6.07, 6.45) is 0.164. The van der Waals surface area contributed by atoms with E-state index in [2.05, 4.69) is 52.4 Å². The number of halogens is 1. The van der Waals surface area contributed by atoms with E-state index >= 15 is 0 Å². The average molecular weight is 494 g/mol. The van der Waals surface area contributed by atoms with Crippen molar-refractivity contribution in [3.8, 4) is 0 Å². The maximum absolute atomic E-state index is 10.3. The number of aliphatic hydroxyl groups excluding tert-OH is 1. The highest BCUT2D eigenvalue weighted by Gasteiger charge is 2.20. The molecule has 2 N–H and O–H groups in total. The lowest BCUT2D eigenvalue weighted by atomic mass is 10.1. The standard InChI is InChI=1S/C22H30N4O.HI/c1-2-23-22(24-18-21(27)17-19-9-5-3-6-10-19)26-15-13-25(14-16-26)20-11-7-4-8-12-20;/h3-12,21,27H,2,13-18H2,1H3,(H,23,24);1H. The number of guanidine groups is 1. The number of hydrogen-bond donors (Lipinski definition) is 2. The van der Waals surface area contributed by atoms with E-state index < -0.39 is 6.10 Å². The van der Waals surface area contributed by atoms with Gasteiger partial charge < -0.3 is 20.2 Å². The first-order valence-electron chi connectivity index (χ1n) is 9.81. The van der Waals surface area contributed by atoms with Gasteiger partial charge in [0.05, 0.1) is 12.6 Å². The Balaban J connectivity index is 0.00000280. The molecule has 0 saturated carbocycles. The van der Waals surface area contributed by atoms with Crippen LogP contribution >= 0.6 is 24.0 Å². The van der Waals surface area contributed by atoms with E-state index in [1.807, 2.05) is 30.3 Å². The molecule has 5 nitrogen and oxygen atoms in total. The summed E-state index contributed by atoms with van der Waals surface area (Å²) < 4.78 is 0. The van der Waals surface area contributed by atoms with E-state index in [1.165, 1.54) is 5.69 Å². The molecule has 1 aliphatic rings. The summed E-state index contributed by atoms with van der Waals surface area (Å²) in [5, 5.41) is 13.7. The molecular weight excluding hydrogens is 463 g/mol. The summed E-state index contributed by atoms with van der Waals surface area (Å²) in [6, 6.07) is 20.6. The van der Waals surface area contributed by atoms with Crippen molar-refractivity contribution in [3.63, 3.8) is 0 Å². The predicted molar refractivity (Wildman–Crippen MR) is 128 cm³/mol. The third-order valence-corrected chi connectivity index (χ3v) is 4.80. The van der Waals surface area contributed by atoms with Crippen LogP contribution < -0.4 is 10.2 Å². The molecule has 2 aromatic carbocycles. The van der Waals surface area contributed by atoms with Crippen molar-refractivity contribution in [2.45, 2.75) is 19.4 Å². The van der Waals surface area contributed by atoms with E-state index in [0.29, 0.717) is 13.0 Å². The molecule has 0 aliphatic carbocycles. The third-order valence-electron chi connectivity index (χ3n) is 4.80. The summed E-state index contributed by atoms with van der Waals surface area (Å²) in [7, 11) is 0. The summed E-state index contributed by atoms with van der Waals surface area (Å²) in [4.78, 5) is 9.39. The van der Waals surface area contributed by atoms with Gasteiger partial charge in [0.2, 0.25) is 0 Å². The van der Waals surface area contributed by atoms with E-state index in [-0.39, 0.29) is 24.0 Å². The Kier molecular flexibility index (Phi) is 9.57. The van der Waals surface area contributed by atoms with Gasteiger partial charge in [0.25, 0.3) is 0 Å². The van der Waals surface area contributed by atoms with Gasteiger partial charge in [-0.3, -0.25) is 4.99 Å². The van der Waals surface area contributed by atoms with Crippen LogP contribution in [0.2, 0.25) is 0 Å². The Bertz CT molecular complexity index is 703. The molecule has 0 radical (unpaired) electrons. The number of anilines is 1. The van der Waals surface area contributed by atoms with Crippen molar-refractivity contribution in [2.75, 3.05) is 44.2 Å². The number of benzene rings is 2. The fourth-order valence-electron chi connectivity index (χ4n) is 3.38. The Morgan fingerprint density at radius 2 is 1.61 bits per heavy atom. The topological polar surface area (TPSA) is 51.1 Å². The zero-order valence-electron chi connectivity index (χ0n) is 16.5. The van der Waals surface area contributed by atoms with Crippen molar-refractivity contribution in [1.82, 2.24) is 10.2 Å². The number of para-hydroxylation sites is 1. The van der Waals surface area contributed by atoms with Crippen LogP contribution in [0.1, 0.15) is 12.5 Å². The van der Waals surface area contributed by atoms with Gasteiger partial charge in [0, 0.05) is 44.8 Å². The molecule has 1 aliphatic heterocycles. The maximum Gasteiger partial charge on any atom is 0.194 e. The molecule has 0 spiro atoms. The van der Waals surface area contributed by atoms with Crippen LogP contribution in [-0.2, 0) is 6.42 Å². The molecule has 6 heteroatoms. The highest BCUT2D eigenvalue weighted by molar-refractivity contribution is 14.0. The first-order chi connectivity index (χ1) is 13.3. The first-order valence-corrected chi connectivity index (χ1v) is 9.81. The molecule has 0 bridgehead atoms. The minimum Gasteiger partial charge on any atom is -0.391 e. The number of aliphatic hydroxyl groups is 1. The monoisotopic (exact) mass is 494 g/mol. The smallest absolute Gasteiger partial charge is 0.194 e. The van der Waals surface area contributed by atoms with Crippen LogP contribution in [0.5, 0.6) is 0 Å². The van der Waals surface area contributed by atoms with Crippen LogP contribution in [0.4, 0.5) is 5.69 Å². The fourth-order valence-corrected chi connectivity index (χ4v) is 3.38. The Labute approximate surface area is 185 Å². The molecule has 1 fully saturated rings. The lowest BCUT2D eigenvalue weighted by Gasteiger charge is -2.37. The van der Waals surface area contributed by atoms with Crippen LogP contribution in [0, 0.1) is 0 Å². The van der Waals surface area contributed by atoms with Crippen molar-refractivity contribution in [1.29, 1.82) is 0 Å². The highest BCUT2D eigenvalue weighted by atomic mass is 127. The normalized spacial score (nSPS) is 15.7. The molecule has 1 saturated heterocycles. The number of nitrogens with one attached hydrogen (secondary N) is 1. The second-order valence-electron chi connectivity index (χ2n) is 6.85. The quantitative estimate of drug-likeness (QED) is 0.369. The first kappa shape index (κ1) is 22.5. The summed E-state index contributed by atoms with van der Waals surface area (Å²) in [5.41, 5.74) is 2.42. The Hall–Kier alpha value is -1.80. The lowest BCUT2D eigenvalue weighted by Crippen LogP contribution is -2.52. The van der Waals surface area contributed by atoms with Crippen molar-refractivity contribution >= 4 is 35.6 Å². The van der Waals surface area contributed by atoms with Gasteiger partial charge in [-0.05, 0) is 24.6 Å². The lowest BCUT2D eigenvalue weighted by molar-refractivity contribution is 0.183. The minimum atomic E-state index is -0.466. The minimum absolute atomic E-state index is 0. The molecule has 0 aromatic heterocycles. The van der Waals surface area contributed by atoms with Crippen LogP contribution in [0.15, 0.2) is 65.7 Å². The van der Waals surface area contributed by atoms with Gasteiger partial charge in [-0.1, -0.05) is 48.5 Å². The van der Waals surface area contributed by atoms with Crippen LogP contribution in [0.3, 0.4) is 0 Å². The molecule has 1 unspecified atom stereocenters. The number of piperazine rings is 1. The second-order valence-corrected chi connectivity index (χ2v) is 6.85. The Morgan fingerprint density at radius 1 is 1.00 bits per heavy atom. The highest BCUT2D eigenvalue weighted by Crippen LogP contribution is 2.15. The third kappa shape index (κ3) is 6.67. The van der Waals surface area contributed by atoms with Gasteiger partial charge in [0.15, 0.2) is 5.96 Å². The molecule has 2 aromatic rings. The van der Waals surface area contributed by atoms with Gasteiger partial charge >= 0.3 is 0 Å². The van der Waals surface area contributed by atoms with Crippen LogP contribution in [0.25, 0.3) is 0 Å². The molecular formula is C22H31IN4O. The molecule has 1 atom stereocenters. The summed E-state index contributed by atoms with van der Waals surface area (Å²) >= 11 is 0. The molecule has 3 rings (SSSR count). The van der Waals surface area contributed by atoms with Gasteiger partial charge in [0.1, 0.15) is 0 Å². The van der Waals surface area contributed by atoms with E-state index in [4.69, 9.17) is 4.99 Å². The van der Waals surface area contributed by atoms with Crippen molar-refractivity contribution in [2.24, 2.45) is 4.99 Å². The molecule has 1 heterocycles. The zero-order chi connectivity index (χ0) is 18.9. The Morgan fingerprint density at radius 3 is 2.21 bits per heavy atom. The number of hydrogen-bond acceptors (Lipinski definition) is 3. The SMILES string of the molecule is CCNC(=NCC(O)Cc1ccccc1)N1CCN(c2ccccc2)CC1.I. The van der Waals surface area contributed by atoms with Crippen LogP contribution in [-0.4, -0.2) is 61.3 Å². The number of rotatable bonds is 6. The molecule has 0 amide bonds. The summed E-state index contributed by atoms with van der Waals surface area (Å²) in [6.45, 7) is 7.12. The maximum atomic E-state index is 10.3.